The molecule has 0 saturated carbocycles. The van der Waals surface area contributed by atoms with Crippen molar-refractivity contribution in [3.63, 3.8) is 0 Å². The van der Waals surface area contributed by atoms with Gasteiger partial charge in [-0.1, -0.05) is 4.49 Å². The summed E-state index contributed by atoms with van der Waals surface area (Å²) in [6, 6.07) is 5.29. The SMILES string of the molecule is CS(=O)(=O)c1snnc1C1CCCN(C(=O)c2ccc3nsnc3c2)C1. The van der Waals surface area contributed by atoms with Gasteiger partial charge in [0.1, 0.15) is 11.0 Å². The van der Waals surface area contributed by atoms with Crippen molar-refractivity contribution in [3.8, 4) is 0 Å². The van der Waals surface area contributed by atoms with Crippen molar-refractivity contribution in [2.24, 2.45) is 0 Å². The number of nitrogens with zero attached hydrogens (tertiary/aromatic N) is 5. The number of fused-ring (bicyclic) bond motifs is 1. The van der Waals surface area contributed by atoms with Crippen LogP contribution < -0.4 is 0 Å². The molecule has 3 aromatic rings. The number of piperidine rings is 1. The summed E-state index contributed by atoms with van der Waals surface area (Å²) in [5, 5.41) is 4.04. The highest BCUT2D eigenvalue weighted by atomic mass is 32.2. The molecule has 1 amide bonds. The quantitative estimate of drug-likeness (QED) is 0.651. The number of likely N-dealkylation sites (tertiary alicyclic amines) is 1. The van der Waals surface area contributed by atoms with Crippen LogP contribution in [0.15, 0.2) is 22.4 Å². The highest BCUT2D eigenvalue weighted by Crippen LogP contribution is 2.32. The fourth-order valence-corrected chi connectivity index (χ4v) is 5.43. The number of aromatic nitrogens is 4. The minimum atomic E-state index is -3.37. The maximum atomic E-state index is 12.9. The summed E-state index contributed by atoms with van der Waals surface area (Å²) in [6.45, 7) is 1.06. The third kappa shape index (κ3) is 3.21. The first-order chi connectivity index (χ1) is 12.4. The zero-order chi connectivity index (χ0) is 18.3. The van der Waals surface area contributed by atoms with E-state index < -0.39 is 9.84 Å². The van der Waals surface area contributed by atoms with Crippen molar-refractivity contribution < 1.29 is 13.2 Å². The Kier molecular flexibility index (Phi) is 4.45. The van der Waals surface area contributed by atoms with Crippen LogP contribution >= 0.6 is 23.3 Å². The van der Waals surface area contributed by atoms with Gasteiger partial charge in [-0.25, -0.2) is 8.42 Å². The molecule has 1 aromatic carbocycles. The Labute approximate surface area is 158 Å². The average molecular weight is 410 g/mol. The van der Waals surface area contributed by atoms with Gasteiger partial charge in [0.15, 0.2) is 14.0 Å². The molecular weight excluding hydrogens is 394 g/mol. The van der Waals surface area contributed by atoms with E-state index in [2.05, 4.69) is 18.3 Å². The molecule has 4 rings (SSSR count). The van der Waals surface area contributed by atoms with Crippen LogP contribution in [0.3, 0.4) is 0 Å². The number of rotatable bonds is 3. The average Bonchev–Trinajstić information content (AvgIpc) is 3.29. The van der Waals surface area contributed by atoms with Crippen molar-refractivity contribution in [1.82, 2.24) is 23.2 Å². The smallest absolute Gasteiger partial charge is 0.253 e. The molecule has 2 aromatic heterocycles. The predicted octanol–water partition coefficient (Wildman–Crippen LogP) is 1.97. The predicted molar refractivity (Wildman–Crippen MR) is 98.3 cm³/mol. The first kappa shape index (κ1) is 17.4. The minimum Gasteiger partial charge on any atom is -0.338 e. The first-order valence-electron chi connectivity index (χ1n) is 7.97. The fraction of sp³-hybridized carbons (Fsp3) is 0.400. The molecule has 26 heavy (non-hydrogen) atoms. The van der Waals surface area contributed by atoms with Gasteiger partial charge in [-0.05, 0) is 31.0 Å². The van der Waals surface area contributed by atoms with Gasteiger partial charge in [-0.3, -0.25) is 4.79 Å². The minimum absolute atomic E-state index is 0.0892. The molecule has 3 heterocycles. The third-order valence-corrected chi connectivity index (χ3v) is 7.52. The van der Waals surface area contributed by atoms with Crippen molar-refractivity contribution in [1.29, 1.82) is 0 Å². The number of sulfone groups is 1. The number of hydrogen-bond donors (Lipinski definition) is 0. The van der Waals surface area contributed by atoms with Gasteiger partial charge in [0, 0.05) is 42.4 Å². The molecule has 0 aliphatic carbocycles. The lowest BCUT2D eigenvalue weighted by Crippen LogP contribution is -2.39. The van der Waals surface area contributed by atoms with Crippen molar-refractivity contribution >= 4 is 50.0 Å². The van der Waals surface area contributed by atoms with Crippen LogP contribution in [0.25, 0.3) is 11.0 Å². The van der Waals surface area contributed by atoms with Crippen molar-refractivity contribution in [2.45, 2.75) is 23.0 Å². The van der Waals surface area contributed by atoms with Gasteiger partial charge < -0.3 is 4.90 Å². The largest absolute Gasteiger partial charge is 0.338 e. The van der Waals surface area contributed by atoms with Crippen molar-refractivity contribution in [2.75, 3.05) is 19.3 Å². The standard InChI is InChI=1S/C15H15N5O3S3/c1-26(22,23)15-13(16-19-24-15)10-3-2-6-20(8-10)14(21)9-4-5-11-12(7-9)18-25-17-11/h4-5,7,10H,2-3,6,8H2,1H3. The Morgan fingerprint density at radius 1 is 1.27 bits per heavy atom. The molecular formula is C15H15N5O3S3. The molecule has 1 aliphatic heterocycles. The molecule has 0 bridgehead atoms. The number of carbonyl (C=O) groups excluding carboxylic acids is 1. The number of amides is 1. The highest BCUT2D eigenvalue weighted by Gasteiger charge is 2.31. The second kappa shape index (κ2) is 6.63. The van der Waals surface area contributed by atoms with E-state index in [1.165, 1.54) is 0 Å². The van der Waals surface area contributed by atoms with Crippen LogP contribution in [0.2, 0.25) is 0 Å². The Bertz CT molecular complexity index is 1080. The molecule has 8 nitrogen and oxygen atoms in total. The highest BCUT2D eigenvalue weighted by molar-refractivity contribution is 7.92. The lowest BCUT2D eigenvalue weighted by atomic mass is 9.95. The summed E-state index contributed by atoms with van der Waals surface area (Å²) in [6.07, 6.45) is 2.74. The normalized spacial score (nSPS) is 18.3. The third-order valence-electron chi connectivity index (χ3n) is 4.41. The first-order valence-corrected chi connectivity index (χ1v) is 11.4. The van der Waals surface area contributed by atoms with E-state index in [4.69, 9.17) is 0 Å². The Hall–Kier alpha value is -1.98. The topological polar surface area (TPSA) is 106 Å². The van der Waals surface area contributed by atoms with Crippen LogP contribution in [0, 0.1) is 0 Å². The van der Waals surface area contributed by atoms with E-state index in [-0.39, 0.29) is 16.0 Å². The van der Waals surface area contributed by atoms with Crippen LogP contribution in [0.5, 0.6) is 0 Å². The Morgan fingerprint density at radius 3 is 2.88 bits per heavy atom. The van der Waals surface area contributed by atoms with Crippen molar-refractivity contribution in [3.05, 3.63) is 29.5 Å². The molecule has 11 heteroatoms. The Morgan fingerprint density at radius 2 is 2.08 bits per heavy atom. The van der Waals surface area contributed by atoms with Crippen LogP contribution in [0.1, 0.15) is 34.8 Å². The number of hydrogen-bond acceptors (Lipinski definition) is 9. The second-order valence-electron chi connectivity index (χ2n) is 6.28. The summed E-state index contributed by atoms with van der Waals surface area (Å²) in [7, 11) is -3.37. The number of carbonyl (C=O) groups is 1. The molecule has 1 fully saturated rings. The molecule has 1 saturated heterocycles. The van der Waals surface area contributed by atoms with E-state index in [1.807, 2.05) is 0 Å². The summed E-state index contributed by atoms with van der Waals surface area (Å²) >= 11 is 2.01. The van der Waals surface area contributed by atoms with E-state index in [0.29, 0.717) is 29.9 Å². The van der Waals surface area contributed by atoms with Gasteiger partial charge in [0.25, 0.3) is 5.91 Å². The van der Waals surface area contributed by atoms with Crippen LogP contribution in [0.4, 0.5) is 0 Å². The summed E-state index contributed by atoms with van der Waals surface area (Å²) < 4.78 is 36.2. The molecule has 0 spiro atoms. The fourth-order valence-electron chi connectivity index (χ4n) is 3.18. The van der Waals surface area contributed by atoms with Crippen LogP contribution in [-0.4, -0.2) is 56.9 Å². The Balaban J connectivity index is 1.58. The van der Waals surface area contributed by atoms with E-state index >= 15 is 0 Å². The van der Waals surface area contributed by atoms with Gasteiger partial charge in [0.2, 0.25) is 0 Å². The van der Waals surface area contributed by atoms with Gasteiger partial charge in [-0.2, -0.15) is 8.75 Å². The molecule has 0 N–H and O–H groups in total. The van der Waals surface area contributed by atoms with Gasteiger partial charge >= 0.3 is 0 Å². The summed E-state index contributed by atoms with van der Waals surface area (Å²) in [5.41, 5.74) is 2.52. The lowest BCUT2D eigenvalue weighted by molar-refractivity contribution is 0.0705. The van der Waals surface area contributed by atoms with E-state index in [1.54, 1.807) is 23.1 Å². The van der Waals surface area contributed by atoms with Crippen LogP contribution in [-0.2, 0) is 9.84 Å². The molecule has 1 aliphatic rings. The summed E-state index contributed by atoms with van der Waals surface area (Å²) in [4.78, 5) is 14.6. The molecule has 0 radical (unpaired) electrons. The van der Waals surface area contributed by atoms with Gasteiger partial charge in [0.05, 0.1) is 17.4 Å². The zero-order valence-electron chi connectivity index (χ0n) is 13.8. The lowest BCUT2D eigenvalue weighted by Gasteiger charge is -2.32. The number of benzene rings is 1. The summed E-state index contributed by atoms with van der Waals surface area (Å²) in [5.74, 6) is -0.213. The maximum Gasteiger partial charge on any atom is 0.253 e. The monoisotopic (exact) mass is 409 g/mol. The van der Waals surface area contributed by atoms with Gasteiger partial charge in [-0.15, -0.1) is 5.10 Å². The van der Waals surface area contributed by atoms with E-state index in [0.717, 1.165) is 47.9 Å². The zero-order valence-corrected chi connectivity index (χ0v) is 16.3. The molecule has 1 unspecified atom stereocenters. The maximum absolute atomic E-state index is 12.9. The molecule has 1 atom stereocenters. The van der Waals surface area contributed by atoms with E-state index in [9.17, 15) is 13.2 Å². The molecule has 136 valence electrons. The second-order valence-corrected chi connectivity index (χ2v) is 9.77.